The van der Waals surface area contributed by atoms with Gasteiger partial charge in [-0.25, -0.2) is 4.79 Å². The molecule has 1 saturated carbocycles. The molecular weight excluding hydrogens is 204 g/mol. The number of carbonyl (C=O) groups is 1. The lowest BCUT2D eigenvalue weighted by atomic mass is 10.1. The molecule has 0 aliphatic heterocycles. The Kier molecular flexibility index (Phi) is 4.17. The standard InChI is InChI=1S/C12H20N2O2/c1-12(2,3)16-11(15)14-10-5-4-9(8-10)6-7-13/h9-10H,4-6,8H2,1-3H3,(H,14,15)/t9-,10+/m1/s1. The number of hydrogen-bond acceptors (Lipinski definition) is 3. The van der Waals surface area contributed by atoms with Crippen LogP contribution in [0.4, 0.5) is 4.79 Å². The lowest BCUT2D eigenvalue weighted by Crippen LogP contribution is -2.37. The second kappa shape index (κ2) is 5.20. The van der Waals surface area contributed by atoms with E-state index in [1.807, 2.05) is 20.8 Å². The van der Waals surface area contributed by atoms with E-state index in [0.717, 1.165) is 19.3 Å². The lowest BCUT2D eigenvalue weighted by Gasteiger charge is -2.21. The third-order valence-electron chi connectivity index (χ3n) is 2.64. The molecule has 1 fully saturated rings. The summed E-state index contributed by atoms with van der Waals surface area (Å²) in [4.78, 5) is 11.5. The van der Waals surface area contributed by atoms with Crippen LogP contribution in [0.1, 0.15) is 46.5 Å². The summed E-state index contributed by atoms with van der Waals surface area (Å²) >= 11 is 0. The molecule has 1 rings (SSSR count). The van der Waals surface area contributed by atoms with Crippen molar-refractivity contribution in [2.24, 2.45) is 5.92 Å². The first-order valence-corrected chi connectivity index (χ1v) is 5.77. The average molecular weight is 224 g/mol. The van der Waals surface area contributed by atoms with Gasteiger partial charge in [-0.2, -0.15) is 5.26 Å². The maximum Gasteiger partial charge on any atom is 0.407 e. The largest absolute Gasteiger partial charge is 0.444 e. The van der Waals surface area contributed by atoms with Crippen molar-refractivity contribution in [3.8, 4) is 6.07 Å². The van der Waals surface area contributed by atoms with Crippen LogP contribution >= 0.6 is 0 Å². The fourth-order valence-corrected chi connectivity index (χ4v) is 1.99. The van der Waals surface area contributed by atoms with Gasteiger partial charge in [0.25, 0.3) is 0 Å². The Balaban J connectivity index is 2.29. The molecule has 0 heterocycles. The number of amides is 1. The molecule has 0 saturated heterocycles. The molecule has 0 aromatic carbocycles. The van der Waals surface area contributed by atoms with Gasteiger partial charge in [0.2, 0.25) is 0 Å². The molecular formula is C12H20N2O2. The third-order valence-corrected chi connectivity index (χ3v) is 2.64. The van der Waals surface area contributed by atoms with Crippen molar-refractivity contribution in [3.05, 3.63) is 0 Å². The van der Waals surface area contributed by atoms with Gasteiger partial charge in [0.1, 0.15) is 5.60 Å². The zero-order valence-corrected chi connectivity index (χ0v) is 10.2. The van der Waals surface area contributed by atoms with Crippen LogP contribution in [0.3, 0.4) is 0 Å². The maximum absolute atomic E-state index is 11.5. The van der Waals surface area contributed by atoms with Crippen LogP contribution in [0, 0.1) is 17.2 Å². The number of rotatable bonds is 2. The fraction of sp³-hybridized carbons (Fsp3) is 0.833. The molecule has 1 aliphatic rings. The minimum Gasteiger partial charge on any atom is -0.444 e. The normalized spacial score (nSPS) is 24.9. The Bertz CT molecular complexity index is 288. The van der Waals surface area contributed by atoms with Gasteiger partial charge < -0.3 is 10.1 Å². The Morgan fingerprint density at radius 2 is 2.19 bits per heavy atom. The Morgan fingerprint density at radius 3 is 2.75 bits per heavy atom. The van der Waals surface area contributed by atoms with Crippen molar-refractivity contribution < 1.29 is 9.53 Å². The minimum absolute atomic E-state index is 0.174. The van der Waals surface area contributed by atoms with Gasteiger partial charge in [-0.1, -0.05) is 0 Å². The van der Waals surface area contributed by atoms with E-state index in [2.05, 4.69) is 11.4 Å². The number of hydrogen-bond donors (Lipinski definition) is 1. The number of nitrogens with one attached hydrogen (secondary N) is 1. The lowest BCUT2D eigenvalue weighted by molar-refractivity contribution is 0.0504. The first kappa shape index (κ1) is 12.8. The summed E-state index contributed by atoms with van der Waals surface area (Å²) in [6, 6.07) is 2.35. The summed E-state index contributed by atoms with van der Waals surface area (Å²) in [6.07, 6.45) is 3.11. The predicted octanol–water partition coefficient (Wildman–Crippen LogP) is 2.59. The summed E-state index contributed by atoms with van der Waals surface area (Å²) in [5.41, 5.74) is -0.450. The zero-order valence-electron chi connectivity index (χ0n) is 10.2. The van der Waals surface area contributed by atoms with Gasteiger partial charge in [0.05, 0.1) is 6.07 Å². The second-order valence-electron chi connectivity index (χ2n) is 5.38. The summed E-state index contributed by atoms with van der Waals surface area (Å²) in [6.45, 7) is 5.54. The molecule has 0 aromatic heterocycles. The Morgan fingerprint density at radius 1 is 1.50 bits per heavy atom. The summed E-state index contributed by atoms with van der Waals surface area (Å²) in [7, 11) is 0. The maximum atomic E-state index is 11.5. The average Bonchev–Trinajstić information content (AvgIpc) is 2.49. The minimum atomic E-state index is -0.450. The van der Waals surface area contributed by atoms with Crippen LogP contribution in [-0.2, 0) is 4.74 Å². The van der Waals surface area contributed by atoms with Crippen LogP contribution in [0.2, 0.25) is 0 Å². The van der Waals surface area contributed by atoms with Gasteiger partial charge in [-0.15, -0.1) is 0 Å². The molecule has 0 aromatic rings. The molecule has 0 unspecified atom stereocenters. The van der Waals surface area contributed by atoms with E-state index in [0.29, 0.717) is 12.3 Å². The predicted molar refractivity (Wildman–Crippen MR) is 60.7 cm³/mol. The van der Waals surface area contributed by atoms with E-state index in [-0.39, 0.29) is 12.1 Å². The van der Waals surface area contributed by atoms with E-state index in [4.69, 9.17) is 10.00 Å². The second-order valence-corrected chi connectivity index (χ2v) is 5.38. The molecule has 2 atom stereocenters. The van der Waals surface area contributed by atoms with Crippen molar-refractivity contribution in [2.45, 2.75) is 58.1 Å². The van der Waals surface area contributed by atoms with Crippen LogP contribution in [0.5, 0.6) is 0 Å². The quantitative estimate of drug-likeness (QED) is 0.784. The number of carbonyl (C=O) groups excluding carboxylic acids is 1. The topological polar surface area (TPSA) is 62.1 Å². The molecule has 4 heteroatoms. The van der Waals surface area contributed by atoms with Crippen LogP contribution in [0.15, 0.2) is 0 Å². The highest BCUT2D eigenvalue weighted by Crippen LogP contribution is 2.27. The molecule has 1 N–H and O–H groups in total. The van der Waals surface area contributed by atoms with E-state index in [9.17, 15) is 4.79 Å². The van der Waals surface area contributed by atoms with Gasteiger partial charge in [-0.3, -0.25) is 0 Å². The van der Waals surface area contributed by atoms with E-state index < -0.39 is 5.60 Å². The van der Waals surface area contributed by atoms with Crippen molar-refractivity contribution in [1.82, 2.24) is 5.32 Å². The number of ether oxygens (including phenoxy) is 1. The van der Waals surface area contributed by atoms with Crippen LogP contribution in [0.25, 0.3) is 0 Å². The SMILES string of the molecule is CC(C)(C)OC(=O)N[C@H]1CC[C@H](CC#N)C1. The first-order valence-electron chi connectivity index (χ1n) is 5.77. The van der Waals surface area contributed by atoms with E-state index >= 15 is 0 Å². The summed E-state index contributed by atoms with van der Waals surface area (Å²) in [5, 5.41) is 11.4. The highest BCUT2D eigenvalue weighted by molar-refractivity contribution is 5.68. The monoisotopic (exact) mass is 224 g/mol. The Labute approximate surface area is 97.0 Å². The molecule has 4 nitrogen and oxygen atoms in total. The number of nitrogens with zero attached hydrogens (tertiary/aromatic N) is 1. The highest BCUT2D eigenvalue weighted by atomic mass is 16.6. The number of nitriles is 1. The van der Waals surface area contributed by atoms with E-state index in [1.54, 1.807) is 0 Å². The summed E-state index contributed by atoms with van der Waals surface area (Å²) in [5.74, 6) is 0.435. The third kappa shape index (κ3) is 4.52. The zero-order chi connectivity index (χ0) is 12.2. The molecule has 1 aliphatic carbocycles. The Hall–Kier alpha value is -1.24. The molecule has 1 amide bonds. The molecule has 16 heavy (non-hydrogen) atoms. The number of alkyl carbamates (subject to hydrolysis) is 1. The van der Waals surface area contributed by atoms with E-state index in [1.165, 1.54) is 0 Å². The van der Waals surface area contributed by atoms with Gasteiger partial charge in [0, 0.05) is 12.5 Å². The van der Waals surface area contributed by atoms with Gasteiger partial charge in [0.15, 0.2) is 0 Å². The van der Waals surface area contributed by atoms with Crippen LogP contribution in [-0.4, -0.2) is 17.7 Å². The molecule has 0 spiro atoms. The van der Waals surface area contributed by atoms with Crippen LogP contribution < -0.4 is 5.32 Å². The van der Waals surface area contributed by atoms with Crippen molar-refractivity contribution in [1.29, 1.82) is 5.26 Å². The molecule has 0 radical (unpaired) electrons. The molecule has 0 bridgehead atoms. The van der Waals surface area contributed by atoms with Gasteiger partial charge >= 0.3 is 6.09 Å². The smallest absolute Gasteiger partial charge is 0.407 e. The summed E-state index contributed by atoms with van der Waals surface area (Å²) < 4.78 is 5.18. The van der Waals surface area contributed by atoms with Crippen molar-refractivity contribution >= 4 is 6.09 Å². The first-order chi connectivity index (χ1) is 7.40. The highest BCUT2D eigenvalue weighted by Gasteiger charge is 2.27. The molecule has 90 valence electrons. The fourth-order valence-electron chi connectivity index (χ4n) is 1.99. The van der Waals surface area contributed by atoms with Crippen molar-refractivity contribution in [2.75, 3.05) is 0 Å². The van der Waals surface area contributed by atoms with Gasteiger partial charge in [-0.05, 0) is 46.0 Å². The van der Waals surface area contributed by atoms with Crippen molar-refractivity contribution in [3.63, 3.8) is 0 Å².